The van der Waals surface area contributed by atoms with Gasteiger partial charge in [0.1, 0.15) is 11.4 Å². The molecule has 0 saturated carbocycles. The zero-order valence-corrected chi connectivity index (χ0v) is 19.1. The lowest BCUT2D eigenvalue weighted by atomic mass is 10.0. The number of hydrogen-bond acceptors (Lipinski definition) is 6. The monoisotopic (exact) mass is 448 g/mol. The Bertz CT molecular complexity index is 1100. The van der Waals surface area contributed by atoms with Gasteiger partial charge in [-0.1, -0.05) is 25.1 Å². The Hall–Kier alpha value is -3.65. The summed E-state index contributed by atoms with van der Waals surface area (Å²) in [7, 11) is 1.55. The number of rotatable bonds is 6. The Kier molecular flexibility index (Phi) is 6.46. The molecule has 1 fully saturated rings. The molecule has 0 aromatic heterocycles. The highest BCUT2D eigenvalue weighted by molar-refractivity contribution is 6.45. The fourth-order valence-corrected chi connectivity index (χ4v) is 4.32. The normalized spacial score (nSPS) is 17.1. The molecule has 0 bridgehead atoms. The number of likely N-dealkylation sites (N-methyl/N-ethyl adjacent to an activating group) is 1. The summed E-state index contributed by atoms with van der Waals surface area (Å²) in [4.78, 5) is 44.3. The second-order valence-corrected chi connectivity index (χ2v) is 8.02. The van der Waals surface area contributed by atoms with Gasteiger partial charge >= 0.3 is 0 Å². The average Bonchev–Trinajstić information content (AvgIpc) is 3.09. The van der Waals surface area contributed by atoms with Gasteiger partial charge in [0.05, 0.1) is 18.4 Å². The number of carbonyl (C=O) groups excluding carboxylic acids is 3. The quantitative estimate of drug-likeness (QED) is 0.684. The van der Waals surface area contributed by atoms with E-state index in [4.69, 9.17) is 4.74 Å². The van der Waals surface area contributed by atoms with Crippen LogP contribution in [0.4, 0.5) is 11.4 Å². The lowest BCUT2D eigenvalue weighted by molar-refractivity contribution is -0.121. The van der Waals surface area contributed by atoms with Crippen molar-refractivity contribution in [1.82, 2.24) is 9.80 Å². The van der Waals surface area contributed by atoms with E-state index in [0.29, 0.717) is 47.0 Å². The van der Waals surface area contributed by atoms with Crippen molar-refractivity contribution in [2.75, 3.05) is 50.1 Å². The van der Waals surface area contributed by atoms with Gasteiger partial charge in [-0.3, -0.25) is 14.4 Å². The maximum Gasteiger partial charge on any atom is 0.282 e. The van der Waals surface area contributed by atoms with Crippen LogP contribution >= 0.6 is 0 Å². The minimum absolute atomic E-state index is 0.190. The van der Waals surface area contributed by atoms with Crippen molar-refractivity contribution in [3.63, 3.8) is 0 Å². The molecule has 8 nitrogen and oxygen atoms in total. The van der Waals surface area contributed by atoms with E-state index in [1.807, 2.05) is 23.1 Å². The van der Waals surface area contributed by atoms with Crippen LogP contribution in [0, 0.1) is 0 Å². The minimum atomic E-state index is -0.385. The van der Waals surface area contributed by atoms with Gasteiger partial charge in [0, 0.05) is 44.4 Å². The van der Waals surface area contributed by atoms with Crippen molar-refractivity contribution in [3.05, 3.63) is 59.8 Å². The van der Waals surface area contributed by atoms with Crippen molar-refractivity contribution in [3.8, 4) is 5.75 Å². The summed E-state index contributed by atoms with van der Waals surface area (Å²) in [6.07, 6.45) is 0. The van der Waals surface area contributed by atoms with Crippen molar-refractivity contribution in [2.24, 2.45) is 0 Å². The Morgan fingerprint density at radius 1 is 0.970 bits per heavy atom. The summed E-state index contributed by atoms with van der Waals surface area (Å²) < 4.78 is 5.52. The van der Waals surface area contributed by atoms with Crippen LogP contribution in [0.1, 0.15) is 19.4 Å². The van der Waals surface area contributed by atoms with Crippen LogP contribution in [-0.4, -0.2) is 67.4 Å². The molecular formula is C25H28N4O4. The Labute approximate surface area is 193 Å². The van der Waals surface area contributed by atoms with Crippen LogP contribution in [0.2, 0.25) is 0 Å². The van der Waals surface area contributed by atoms with E-state index in [0.717, 1.165) is 19.6 Å². The van der Waals surface area contributed by atoms with Crippen LogP contribution in [0.15, 0.2) is 54.2 Å². The fraction of sp³-hybridized carbons (Fsp3) is 0.320. The zero-order valence-electron chi connectivity index (χ0n) is 19.1. The van der Waals surface area contributed by atoms with E-state index in [1.54, 1.807) is 37.4 Å². The number of benzene rings is 2. The first kappa shape index (κ1) is 22.5. The molecule has 0 aliphatic carbocycles. The third-order valence-corrected chi connectivity index (χ3v) is 6.02. The molecule has 1 saturated heterocycles. The summed E-state index contributed by atoms with van der Waals surface area (Å²) in [6, 6.07) is 14.0. The molecule has 0 spiro atoms. The molecule has 2 heterocycles. The number of imide groups is 1. The molecular weight excluding hydrogens is 420 g/mol. The average molecular weight is 449 g/mol. The maximum atomic E-state index is 13.7. The Morgan fingerprint density at radius 2 is 1.64 bits per heavy atom. The second-order valence-electron chi connectivity index (χ2n) is 8.02. The van der Waals surface area contributed by atoms with Crippen LogP contribution < -0.4 is 15.0 Å². The van der Waals surface area contributed by atoms with Crippen molar-refractivity contribution in [2.45, 2.75) is 13.8 Å². The van der Waals surface area contributed by atoms with E-state index in [9.17, 15) is 14.4 Å². The number of anilines is 2. The van der Waals surface area contributed by atoms with E-state index < -0.39 is 0 Å². The molecule has 2 aliphatic heterocycles. The van der Waals surface area contributed by atoms with Crippen molar-refractivity contribution >= 4 is 34.7 Å². The first-order valence-corrected chi connectivity index (χ1v) is 11.1. The number of ether oxygens (including phenoxy) is 1. The third-order valence-electron chi connectivity index (χ3n) is 6.02. The summed E-state index contributed by atoms with van der Waals surface area (Å²) in [5, 5.41) is 2.70. The van der Waals surface area contributed by atoms with Crippen LogP contribution in [0.25, 0.3) is 5.57 Å². The molecule has 1 N–H and O–H groups in total. The van der Waals surface area contributed by atoms with Crippen LogP contribution in [0.3, 0.4) is 0 Å². The van der Waals surface area contributed by atoms with Gasteiger partial charge in [-0.05, 0) is 36.9 Å². The van der Waals surface area contributed by atoms with Crippen molar-refractivity contribution in [1.29, 1.82) is 0 Å². The fourth-order valence-electron chi connectivity index (χ4n) is 4.32. The number of hydrogen-bond donors (Lipinski definition) is 1. The van der Waals surface area contributed by atoms with Gasteiger partial charge in [-0.2, -0.15) is 0 Å². The molecule has 0 atom stereocenters. The van der Waals surface area contributed by atoms with E-state index in [2.05, 4.69) is 17.1 Å². The van der Waals surface area contributed by atoms with Crippen LogP contribution in [0.5, 0.6) is 5.75 Å². The predicted octanol–water partition coefficient (Wildman–Crippen LogP) is 2.58. The lowest BCUT2D eigenvalue weighted by Crippen LogP contribution is -2.47. The van der Waals surface area contributed by atoms with Gasteiger partial charge < -0.3 is 19.9 Å². The second kappa shape index (κ2) is 9.46. The smallest absolute Gasteiger partial charge is 0.282 e. The highest BCUT2D eigenvalue weighted by Crippen LogP contribution is 2.38. The number of methoxy groups -OCH3 is 1. The molecule has 8 heteroatoms. The molecule has 4 rings (SSSR count). The minimum Gasteiger partial charge on any atom is -0.496 e. The molecule has 3 amide bonds. The number of para-hydroxylation sites is 1. The first-order chi connectivity index (χ1) is 15.9. The van der Waals surface area contributed by atoms with Gasteiger partial charge in [0.2, 0.25) is 5.91 Å². The highest BCUT2D eigenvalue weighted by atomic mass is 16.5. The summed E-state index contributed by atoms with van der Waals surface area (Å²) in [5.74, 6) is -0.381. The number of piperazine rings is 1. The molecule has 172 valence electrons. The summed E-state index contributed by atoms with van der Waals surface area (Å²) >= 11 is 0. The third kappa shape index (κ3) is 4.34. The standard InChI is InChI=1S/C25H28N4O4/c1-4-27-13-15-28(16-14-27)23-22(20-7-5-6-8-21(20)33-3)24(31)29(25(23)32)19-11-9-18(10-12-19)26-17(2)30/h5-12H,4,13-16H2,1-3H3,(H,26,30). The largest absolute Gasteiger partial charge is 0.496 e. The van der Waals surface area contributed by atoms with Crippen LogP contribution in [-0.2, 0) is 14.4 Å². The number of nitrogens with zero attached hydrogens (tertiary/aromatic N) is 3. The lowest BCUT2D eigenvalue weighted by Gasteiger charge is -2.36. The van der Waals surface area contributed by atoms with Gasteiger partial charge in [-0.15, -0.1) is 0 Å². The van der Waals surface area contributed by atoms with E-state index in [1.165, 1.54) is 11.8 Å². The maximum absolute atomic E-state index is 13.7. The van der Waals surface area contributed by atoms with E-state index >= 15 is 0 Å². The van der Waals surface area contributed by atoms with Crippen molar-refractivity contribution < 1.29 is 19.1 Å². The highest BCUT2D eigenvalue weighted by Gasteiger charge is 2.43. The molecule has 2 aromatic carbocycles. The van der Waals surface area contributed by atoms with Gasteiger partial charge in [-0.25, -0.2) is 4.90 Å². The number of carbonyl (C=O) groups is 3. The van der Waals surface area contributed by atoms with Gasteiger partial charge in [0.25, 0.3) is 11.8 Å². The Balaban J connectivity index is 1.75. The van der Waals surface area contributed by atoms with Gasteiger partial charge in [0.15, 0.2) is 0 Å². The Morgan fingerprint density at radius 3 is 2.24 bits per heavy atom. The van der Waals surface area contributed by atoms with E-state index in [-0.39, 0.29) is 17.7 Å². The molecule has 33 heavy (non-hydrogen) atoms. The predicted molar refractivity (Wildman–Crippen MR) is 127 cm³/mol. The molecule has 2 aromatic rings. The molecule has 0 radical (unpaired) electrons. The summed E-state index contributed by atoms with van der Waals surface area (Å²) in [5.41, 5.74) is 2.41. The molecule has 0 unspecified atom stereocenters. The number of nitrogens with one attached hydrogen (secondary N) is 1. The summed E-state index contributed by atoms with van der Waals surface area (Å²) in [6.45, 7) is 7.47. The zero-order chi connectivity index (χ0) is 23.5. The molecule has 2 aliphatic rings. The SMILES string of the molecule is CCN1CCN(C2=C(c3ccccc3OC)C(=O)N(c3ccc(NC(C)=O)cc3)C2=O)CC1. The topological polar surface area (TPSA) is 82.2 Å². The first-order valence-electron chi connectivity index (χ1n) is 11.1. The number of amides is 3.